The molecule has 0 saturated heterocycles. The largest absolute Gasteiger partial charge is 0.378 e. The van der Waals surface area contributed by atoms with Gasteiger partial charge in [-0.2, -0.15) is 0 Å². The highest BCUT2D eigenvalue weighted by Gasteiger charge is 2.11. The molecule has 0 bridgehead atoms. The van der Waals surface area contributed by atoms with Crippen molar-refractivity contribution >= 4 is 5.69 Å². The molecule has 1 nitrogen and oxygen atoms in total. The van der Waals surface area contributed by atoms with Crippen LogP contribution in [0.3, 0.4) is 0 Å². The van der Waals surface area contributed by atoms with Crippen molar-refractivity contribution in [3.05, 3.63) is 64.7 Å². The standard InChI is InChI=1S/C16H17F2N/c1-10-6-11(2)8-14(7-10)19-12(3)15-5-4-13(17)9-16(15)18/h4-9,12,19H,1-3H3. The van der Waals surface area contributed by atoms with Gasteiger partial charge >= 0.3 is 0 Å². The molecule has 0 radical (unpaired) electrons. The molecule has 0 aliphatic heterocycles. The summed E-state index contributed by atoms with van der Waals surface area (Å²) < 4.78 is 26.6. The highest BCUT2D eigenvalue weighted by molar-refractivity contribution is 5.50. The first-order valence-corrected chi connectivity index (χ1v) is 6.25. The summed E-state index contributed by atoms with van der Waals surface area (Å²) in [5.74, 6) is -1.08. The second kappa shape index (κ2) is 5.39. The van der Waals surface area contributed by atoms with E-state index in [0.717, 1.165) is 22.9 Å². The molecule has 100 valence electrons. The predicted octanol–water partition coefficient (Wildman–Crippen LogP) is 4.75. The zero-order chi connectivity index (χ0) is 14.0. The Hall–Kier alpha value is -1.90. The van der Waals surface area contributed by atoms with Crippen LogP contribution in [0.2, 0.25) is 0 Å². The number of hydrogen-bond donors (Lipinski definition) is 1. The van der Waals surface area contributed by atoms with Crippen LogP contribution in [0.4, 0.5) is 14.5 Å². The molecule has 0 spiro atoms. The summed E-state index contributed by atoms with van der Waals surface area (Å²) in [5, 5.41) is 3.24. The lowest BCUT2D eigenvalue weighted by molar-refractivity contribution is 0.566. The van der Waals surface area contributed by atoms with Gasteiger partial charge in [0.2, 0.25) is 0 Å². The third kappa shape index (κ3) is 3.31. The van der Waals surface area contributed by atoms with Gasteiger partial charge in [0.05, 0.1) is 6.04 Å². The number of hydrogen-bond acceptors (Lipinski definition) is 1. The van der Waals surface area contributed by atoms with Gasteiger partial charge in [0.25, 0.3) is 0 Å². The van der Waals surface area contributed by atoms with Crippen LogP contribution in [-0.2, 0) is 0 Å². The molecular weight excluding hydrogens is 244 g/mol. The van der Waals surface area contributed by atoms with Crippen LogP contribution in [0.1, 0.15) is 29.7 Å². The fourth-order valence-electron chi connectivity index (χ4n) is 2.24. The first-order valence-electron chi connectivity index (χ1n) is 6.25. The zero-order valence-corrected chi connectivity index (χ0v) is 11.3. The molecule has 0 saturated carbocycles. The Morgan fingerprint density at radius 3 is 2.16 bits per heavy atom. The Balaban J connectivity index is 2.22. The number of rotatable bonds is 3. The van der Waals surface area contributed by atoms with Crippen LogP contribution < -0.4 is 5.32 Å². The van der Waals surface area contributed by atoms with Crippen LogP contribution in [-0.4, -0.2) is 0 Å². The summed E-state index contributed by atoms with van der Waals surface area (Å²) in [5.41, 5.74) is 3.69. The van der Waals surface area contributed by atoms with Gasteiger partial charge in [-0.05, 0) is 50.1 Å². The van der Waals surface area contributed by atoms with Crippen LogP contribution in [0.15, 0.2) is 36.4 Å². The summed E-state index contributed by atoms with van der Waals surface area (Å²) in [6.07, 6.45) is 0. The van der Waals surface area contributed by atoms with Crippen molar-refractivity contribution in [3.63, 3.8) is 0 Å². The summed E-state index contributed by atoms with van der Waals surface area (Å²) in [6.45, 7) is 5.89. The molecule has 0 aliphatic carbocycles. The van der Waals surface area contributed by atoms with Crippen LogP contribution in [0.5, 0.6) is 0 Å². The molecule has 0 heterocycles. The van der Waals surface area contributed by atoms with Crippen LogP contribution in [0, 0.1) is 25.5 Å². The Kier molecular flexibility index (Phi) is 3.84. The molecule has 0 aromatic heterocycles. The van der Waals surface area contributed by atoms with Gasteiger partial charge in [-0.3, -0.25) is 0 Å². The molecule has 2 aromatic carbocycles. The van der Waals surface area contributed by atoms with Crippen molar-refractivity contribution in [1.82, 2.24) is 0 Å². The fraction of sp³-hybridized carbons (Fsp3) is 0.250. The minimum Gasteiger partial charge on any atom is -0.378 e. The van der Waals surface area contributed by atoms with Gasteiger partial charge < -0.3 is 5.32 Å². The maximum absolute atomic E-state index is 13.7. The van der Waals surface area contributed by atoms with E-state index in [1.807, 2.05) is 32.9 Å². The number of nitrogens with one attached hydrogen (secondary N) is 1. The number of aryl methyl sites for hydroxylation is 2. The Labute approximate surface area is 112 Å². The molecule has 1 atom stereocenters. The molecule has 2 aromatic rings. The van der Waals surface area contributed by atoms with E-state index in [0.29, 0.717) is 5.56 Å². The molecule has 1 unspecified atom stereocenters. The van der Waals surface area contributed by atoms with Gasteiger partial charge in [0, 0.05) is 17.3 Å². The average molecular weight is 261 g/mol. The topological polar surface area (TPSA) is 12.0 Å². The van der Waals surface area contributed by atoms with E-state index >= 15 is 0 Å². The van der Waals surface area contributed by atoms with Crippen molar-refractivity contribution in [2.45, 2.75) is 26.8 Å². The summed E-state index contributed by atoms with van der Waals surface area (Å²) in [7, 11) is 0. The molecule has 1 N–H and O–H groups in total. The lowest BCUT2D eigenvalue weighted by atomic mass is 10.1. The van der Waals surface area contributed by atoms with Gasteiger partial charge in [0.1, 0.15) is 11.6 Å². The van der Waals surface area contributed by atoms with E-state index in [1.54, 1.807) is 0 Å². The Bertz CT molecular complexity index is 573. The van der Waals surface area contributed by atoms with Gasteiger partial charge in [-0.15, -0.1) is 0 Å². The molecular formula is C16H17F2N. The molecule has 0 aliphatic rings. The van der Waals surface area contributed by atoms with Crippen molar-refractivity contribution < 1.29 is 8.78 Å². The maximum atomic E-state index is 13.7. The molecule has 0 fully saturated rings. The highest BCUT2D eigenvalue weighted by Crippen LogP contribution is 2.23. The van der Waals surface area contributed by atoms with E-state index in [-0.39, 0.29) is 6.04 Å². The average Bonchev–Trinajstić information content (AvgIpc) is 2.26. The normalized spacial score (nSPS) is 12.3. The first kappa shape index (κ1) is 13.5. The third-order valence-electron chi connectivity index (χ3n) is 3.03. The smallest absolute Gasteiger partial charge is 0.131 e. The minimum absolute atomic E-state index is 0.221. The van der Waals surface area contributed by atoms with Crippen molar-refractivity contribution in [2.24, 2.45) is 0 Å². The second-order valence-corrected chi connectivity index (χ2v) is 4.91. The Morgan fingerprint density at radius 1 is 0.947 bits per heavy atom. The lowest BCUT2D eigenvalue weighted by Crippen LogP contribution is -2.09. The predicted molar refractivity (Wildman–Crippen MR) is 74.3 cm³/mol. The molecule has 3 heteroatoms. The van der Waals surface area contributed by atoms with Gasteiger partial charge in [0.15, 0.2) is 0 Å². The SMILES string of the molecule is Cc1cc(C)cc(NC(C)c2ccc(F)cc2F)c1. The quantitative estimate of drug-likeness (QED) is 0.840. The van der Waals surface area contributed by atoms with Crippen molar-refractivity contribution in [3.8, 4) is 0 Å². The Morgan fingerprint density at radius 2 is 1.58 bits per heavy atom. The monoisotopic (exact) mass is 261 g/mol. The van der Waals surface area contributed by atoms with Gasteiger partial charge in [-0.1, -0.05) is 12.1 Å². The molecule has 19 heavy (non-hydrogen) atoms. The molecule has 0 amide bonds. The zero-order valence-electron chi connectivity index (χ0n) is 11.3. The fourth-order valence-corrected chi connectivity index (χ4v) is 2.24. The van der Waals surface area contributed by atoms with Crippen molar-refractivity contribution in [2.75, 3.05) is 5.32 Å². The summed E-state index contributed by atoms with van der Waals surface area (Å²) in [4.78, 5) is 0. The summed E-state index contributed by atoms with van der Waals surface area (Å²) >= 11 is 0. The van der Waals surface area contributed by atoms with E-state index in [4.69, 9.17) is 0 Å². The number of anilines is 1. The maximum Gasteiger partial charge on any atom is 0.131 e. The second-order valence-electron chi connectivity index (χ2n) is 4.91. The van der Waals surface area contributed by atoms with Gasteiger partial charge in [-0.25, -0.2) is 8.78 Å². The highest BCUT2D eigenvalue weighted by atomic mass is 19.1. The third-order valence-corrected chi connectivity index (χ3v) is 3.03. The lowest BCUT2D eigenvalue weighted by Gasteiger charge is -2.17. The van der Waals surface area contributed by atoms with Crippen LogP contribution in [0.25, 0.3) is 0 Å². The molecule has 2 rings (SSSR count). The summed E-state index contributed by atoms with van der Waals surface area (Å²) in [6, 6.07) is 9.53. The van der Waals surface area contributed by atoms with E-state index in [9.17, 15) is 8.78 Å². The van der Waals surface area contributed by atoms with E-state index < -0.39 is 11.6 Å². The minimum atomic E-state index is -0.556. The van der Waals surface area contributed by atoms with E-state index in [2.05, 4.69) is 11.4 Å². The number of benzene rings is 2. The first-order chi connectivity index (χ1) is 8.95. The number of halogens is 2. The van der Waals surface area contributed by atoms with Crippen molar-refractivity contribution in [1.29, 1.82) is 0 Å². The van der Waals surface area contributed by atoms with E-state index in [1.165, 1.54) is 12.1 Å². The van der Waals surface area contributed by atoms with Crippen LogP contribution >= 0.6 is 0 Å².